The van der Waals surface area contributed by atoms with E-state index in [0.717, 1.165) is 38.0 Å². The molecule has 0 bridgehead atoms. The third-order valence-electron chi connectivity index (χ3n) is 5.51. The van der Waals surface area contributed by atoms with Crippen molar-refractivity contribution in [1.82, 2.24) is 10.5 Å². The Labute approximate surface area is 151 Å². The van der Waals surface area contributed by atoms with Crippen LogP contribution in [0, 0.1) is 18.3 Å². The fraction of sp³-hybridized carbons (Fsp3) is 0.421. The monoisotopic (exact) mass is 354 g/mol. The molecule has 1 aliphatic heterocycles. The highest BCUT2D eigenvalue weighted by atomic mass is 16.5. The molecule has 1 saturated carbocycles. The first kappa shape index (κ1) is 16.8. The molecule has 1 spiro atoms. The van der Waals surface area contributed by atoms with Gasteiger partial charge in [-0.3, -0.25) is 9.59 Å². The number of carbonyl (C=O) groups is 2. The van der Waals surface area contributed by atoms with Crippen LogP contribution in [-0.4, -0.2) is 30.1 Å². The maximum atomic E-state index is 12.5. The summed E-state index contributed by atoms with van der Waals surface area (Å²) in [5.41, 5.74) is 2.02. The molecule has 136 valence electrons. The second-order valence-corrected chi connectivity index (χ2v) is 7.19. The minimum Gasteiger partial charge on any atom is -0.361 e. The number of aryl methyl sites for hydroxylation is 1. The molecule has 7 nitrogen and oxygen atoms in total. The number of nitrogens with one attached hydrogen (secondary N) is 3. The number of benzene rings is 1. The number of hydrogen-bond acceptors (Lipinski definition) is 5. The van der Waals surface area contributed by atoms with Crippen molar-refractivity contribution < 1.29 is 14.1 Å². The van der Waals surface area contributed by atoms with Crippen molar-refractivity contribution >= 4 is 23.2 Å². The number of rotatable bonds is 4. The van der Waals surface area contributed by atoms with Gasteiger partial charge >= 0.3 is 0 Å². The van der Waals surface area contributed by atoms with Crippen molar-refractivity contribution in [3.05, 3.63) is 41.8 Å². The standard InChI is InChI=1S/C19H22N4O3/c1-12-15(11-21-26-12)17(24)22-13-2-4-14(5-3-13)23-18(25)16-10-19(16)6-8-20-9-7-19/h2-5,11,16,20H,6-10H2,1H3,(H,22,24)(H,23,25). The maximum absolute atomic E-state index is 12.5. The number of carbonyl (C=O) groups excluding carboxylic acids is 2. The molecule has 2 amide bonds. The summed E-state index contributed by atoms with van der Waals surface area (Å²) in [6.45, 7) is 3.70. The molecule has 2 fully saturated rings. The summed E-state index contributed by atoms with van der Waals surface area (Å²) in [7, 11) is 0. The van der Waals surface area contributed by atoms with Gasteiger partial charge in [0.25, 0.3) is 5.91 Å². The Morgan fingerprint density at radius 3 is 2.42 bits per heavy atom. The van der Waals surface area contributed by atoms with Crippen LogP contribution in [0.3, 0.4) is 0 Å². The summed E-state index contributed by atoms with van der Waals surface area (Å²) in [4.78, 5) is 24.6. The van der Waals surface area contributed by atoms with E-state index in [-0.39, 0.29) is 23.1 Å². The van der Waals surface area contributed by atoms with Crippen LogP contribution < -0.4 is 16.0 Å². The highest BCUT2D eigenvalue weighted by Gasteiger charge is 2.57. The molecule has 2 aliphatic rings. The molecule has 0 radical (unpaired) electrons. The number of piperidine rings is 1. The predicted molar refractivity (Wildman–Crippen MR) is 96.9 cm³/mol. The van der Waals surface area contributed by atoms with E-state index in [9.17, 15) is 9.59 Å². The number of aromatic nitrogens is 1. The number of amides is 2. The third kappa shape index (κ3) is 3.22. The summed E-state index contributed by atoms with van der Waals surface area (Å²) in [5.74, 6) is 0.429. The van der Waals surface area contributed by atoms with E-state index in [1.165, 1.54) is 6.20 Å². The van der Waals surface area contributed by atoms with E-state index in [1.54, 1.807) is 31.2 Å². The lowest BCUT2D eigenvalue weighted by atomic mass is 9.92. The van der Waals surface area contributed by atoms with Crippen molar-refractivity contribution in [2.75, 3.05) is 23.7 Å². The van der Waals surface area contributed by atoms with E-state index in [0.29, 0.717) is 17.0 Å². The van der Waals surface area contributed by atoms with E-state index < -0.39 is 0 Å². The van der Waals surface area contributed by atoms with E-state index >= 15 is 0 Å². The molecular formula is C19H22N4O3. The van der Waals surface area contributed by atoms with Crippen molar-refractivity contribution in [3.8, 4) is 0 Å². The van der Waals surface area contributed by atoms with Gasteiger partial charge in [-0.1, -0.05) is 5.16 Å². The Hall–Kier alpha value is -2.67. The molecule has 4 rings (SSSR count). The van der Waals surface area contributed by atoms with Crippen LogP contribution in [0.25, 0.3) is 0 Å². The smallest absolute Gasteiger partial charge is 0.260 e. The Bertz CT molecular complexity index is 822. The highest BCUT2D eigenvalue weighted by molar-refractivity contribution is 6.04. The van der Waals surface area contributed by atoms with Gasteiger partial charge in [-0.25, -0.2) is 0 Å². The first-order valence-electron chi connectivity index (χ1n) is 8.92. The zero-order chi connectivity index (χ0) is 18.1. The van der Waals surface area contributed by atoms with Gasteiger partial charge < -0.3 is 20.5 Å². The van der Waals surface area contributed by atoms with Crippen LogP contribution in [0.4, 0.5) is 11.4 Å². The first-order chi connectivity index (χ1) is 12.6. The summed E-state index contributed by atoms with van der Waals surface area (Å²) in [5, 5.41) is 12.7. The predicted octanol–water partition coefficient (Wildman–Crippen LogP) is 2.56. The van der Waals surface area contributed by atoms with E-state index in [4.69, 9.17) is 4.52 Å². The summed E-state index contributed by atoms with van der Waals surface area (Å²) in [6.07, 6.45) is 4.55. The molecule has 1 aromatic heterocycles. The lowest BCUT2D eigenvalue weighted by molar-refractivity contribution is -0.118. The lowest BCUT2D eigenvalue weighted by Gasteiger charge is -2.23. The van der Waals surface area contributed by atoms with Crippen LogP contribution in [0.15, 0.2) is 35.0 Å². The van der Waals surface area contributed by atoms with Crippen LogP contribution in [0.2, 0.25) is 0 Å². The van der Waals surface area contributed by atoms with Gasteiger partial charge in [0.05, 0.1) is 6.20 Å². The summed E-state index contributed by atoms with van der Waals surface area (Å²) >= 11 is 0. The topological polar surface area (TPSA) is 96.3 Å². The van der Waals surface area contributed by atoms with Crippen molar-refractivity contribution in [2.24, 2.45) is 11.3 Å². The number of anilines is 2. The van der Waals surface area contributed by atoms with Crippen LogP contribution >= 0.6 is 0 Å². The van der Waals surface area contributed by atoms with Crippen LogP contribution in [0.1, 0.15) is 35.4 Å². The Morgan fingerprint density at radius 2 is 1.81 bits per heavy atom. The molecular weight excluding hydrogens is 332 g/mol. The zero-order valence-corrected chi connectivity index (χ0v) is 14.7. The molecule has 1 unspecified atom stereocenters. The van der Waals surface area contributed by atoms with Crippen LogP contribution in [0.5, 0.6) is 0 Å². The SMILES string of the molecule is Cc1oncc1C(=O)Nc1ccc(NC(=O)C2CC23CCNCC3)cc1. The Balaban J connectivity index is 1.34. The molecule has 2 aromatic rings. The van der Waals surface area contributed by atoms with Crippen molar-refractivity contribution in [2.45, 2.75) is 26.2 Å². The van der Waals surface area contributed by atoms with E-state index in [2.05, 4.69) is 21.1 Å². The zero-order valence-electron chi connectivity index (χ0n) is 14.7. The van der Waals surface area contributed by atoms with Gasteiger partial charge in [-0.15, -0.1) is 0 Å². The van der Waals surface area contributed by atoms with E-state index in [1.807, 2.05) is 0 Å². The molecule has 1 saturated heterocycles. The molecule has 26 heavy (non-hydrogen) atoms. The van der Waals surface area contributed by atoms with Gasteiger partial charge in [0, 0.05) is 17.3 Å². The largest absolute Gasteiger partial charge is 0.361 e. The van der Waals surface area contributed by atoms with Crippen molar-refractivity contribution in [1.29, 1.82) is 0 Å². The third-order valence-corrected chi connectivity index (χ3v) is 5.51. The molecule has 7 heteroatoms. The fourth-order valence-electron chi connectivity index (χ4n) is 3.78. The average Bonchev–Trinajstić information content (AvgIpc) is 3.14. The van der Waals surface area contributed by atoms with Crippen molar-refractivity contribution in [3.63, 3.8) is 0 Å². The number of hydrogen-bond donors (Lipinski definition) is 3. The second-order valence-electron chi connectivity index (χ2n) is 7.19. The lowest BCUT2D eigenvalue weighted by Crippen LogP contribution is -2.31. The summed E-state index contributed by atoms with van der Waals surface area (Å²) < 4.78 is 4.90. The normalized spacial score (nSPS) is 20.6. The molecule has 1 aromatic carbocycles. The number of nitrogens with zero attached hydrogens (tertiary/aromatic N) is 1. The van der Waals surface area contributed by atoms with Gasteiger partial charge in [-0.05, 0) is 69.0 Å². The Kier molecular flexibility index (Phi) is 4.24. The molecule has 2 heterocycles. The first-order valence-corrected chi connectivity index (χ1v) is 8.92. The Morgan fingerprint density at radius 1 is 1.15 bits per heavy atom. The summed E-state index contributed by atoms with van der Waals surface area (Å²) in [6, 6.07) is 7.13. The second kappa shape index (κ2) is 6.57. The minimum absolute atomic E-state index is 0.101. The van der Waals surface area contributed by atoms with Gasteiger partial charge in [0.2, 0.25) is 5.91 Å². The molecule has 3 N–H and O–H groups in total. The molecule has 1 aliphatic carbocycles. The minimum atomic E-state index is -0.272. The molecule has 1 atom stereocenters. The van der Waals surface area contributed by atoms with Gasteiger partial charge in [0.1, 0.15) is 11.3 Å². The van der Waals surface area contributed by atoms with Gasteiger partial charge in [-0.2, -0.15) is 0 Å². The quantitative estimate of drug-likeness (QED) is 0.784. The van der Waals surface area contributed by atoms with Gasteiger partial charge in [0.15, 0.2) is 0 Å². The fourth-order valence-corrected chi connectivity index (χ4v) is 3.78. The van der Waals surface area contributed by atoms with Crippen LogP contribution in [-0.2, 0) is 4.79 Å². The highest BCUT2D eigenvalue weighted by Crippen LogP contribution is 2.58. The average molecular weight is 354 g/mol. The maximum Gasteiger partial charge on any atom is 0.260 e.